The van der Waals surface area contributed by atoms with Gasteiger partial charge in [0.25, 0.3) is 0 Å². The standard InChI is InChI=1S/C28H35ClFN9O/c1-20-13-21(19-38-7-5-37(2)6-8-38)14-24(29)27(20)35-22-3-4-31-23(15-22)16-33-34-18-26-32-17-25(30)28(36-26)39-9-11-40-12-10-39/h3-4,13-17,34H,5-12,18-19H2,1-2H3,(H,31,35)/b33-16+. The van der Waals surface area contributed by atoms with Crippen molar-refractivity contribution in [3.63, 3.8) is 0 Å². The lowest BCUT2D eigenvalue weighted by molar-refractivity contribution is 0.122. The van der Waals surface area contributed by atoms with Crippen molar-refractivity contribution in [1.29, 1.82) is 0 Å². The second-order valence-electron chi connectivity index (χ2n) is 10.1. The summed E-state index contributed by atoms with van der Waals surface area (Å²) in [5.74, 6) is 0.299. The molecule has 0 bridgehead atoms. The smallest absolute Gasteiger partial charge is 0.183 e. The fourth-order valence-corrected chi connectivity index (χ4v) is 5.11. The highest BCUT2D eigenvalue weighted by Gasteiger charge is 2.18. The van der Waals surface area contributed by atoms with Crippen molar-refractivity contribution >= 4 is 35.0 Å². The Kier molecular flexibility index (Phi) is 9.38. The molecular weight excluding hydrogens is 533 g/mol. The predicted molar refractivity (Wildman–Crippen MR) is 156 cm³/mol. The molecule has 0 atom stereocenters. The zero-order chi connectivity index (χ0) is 27.9. The molecule has 2 aromatic heterocycles. The summed E-state index contributed by atoms with van der Waals surface area (Å²) >= 11 is 6.71. The first-order chi connectivity index (χ1) is 19.4. The highest BCUT2D eigenvalue weighted by atomic mass is 35.5. The molecule has 212 valence electrons. The number of halogens is 2. The topological polar surface area (TPSA) is 94.0 Å². The van der Waals surface area contributed by atoms with E-state index in [1.54, 1.807) is 12.4 Å². The van der Waals surface area contributed by atoms with Gasteiger partial charge in [-0.25, -0.2) is 14.4 Å². The number of ether oxygens (including phenoxy) is 1. The monoisotopic (exact) mass is 567 g/mol. The Morgan fingerprint density at radius 1 is 1.10 bits per heavy atom. The van der Waals surface area contributed by atoms with Crippen LogP contribution in [0.15, 0.2) is 41.8 Å². The number of hydrazone groups is 1. The normalized spacial score (nSPS) is 16.9. The van der Waals surface area contributed by atoms with Gasteiger partial charge < -0.3 is 25.3 Å². The van der Waals surface area contributed by atoms with Crippen molar-refractivity contribution in [3.8, 4) is 0 Å². The number of piperazine rings is 1. The van der Waals surface area contributed by atoms with E-state index in [9.17, 15) is 4.39 Å². The molecule has 2 aliphatic heterocycles. The first-order valence-electron chi connectivity index (χ1n) is 13.5. The zero-order valence-corrected chi connectivity index (χ0v) is 23.7. The summed E-state index contributed by atoms with van der Waals surface area (Å²) in [7, 11) is 2.16. The van der Waals surface area contributed by atoms with Crippen LogP contribution in [0.25, 0.3) is 0 Å². The van der Waals surface area contributed by atoms with E-state index in [1.165, 1.54) is 11.8 Å². The summed E-state index contributed by atoms with van der Waals surface area (Å²) in [6, 6.07) is 8.02. The van der Waals surface area contributed by atoms with Crippen LogP contribution >= 0.6 is 11.6 Å². The summed E-state index contributed by atoms with van der Waals surface area (Å²) < 4.78 is 19.6. The molecule has 2 saturated heterocycles. The minimum absolute atomic E-state index is 0.251. The van der Waals surface area contributed by atoms with E-state index < -0.39 is 5.82 Å². The molecule has 0 unspecified atom stereocenters. The average Bonchev–Trinajstić information content (AvgIpc) is 2.96. The molecule has 2 aliphatic rings. The number of benzene rings is 1. The van der Waals surface area contributed by atoms with Crippen molar-refractivity contribution < 1.29 is 9.13 Å². The number of rotatable bonds is 9. The van der Waals surface area contributed by atoms with Crippen LogP contribution in [0.5, 0.6) is 0 Å². The second-order valence-corrected chi connectivity index (χ2v) is 10.5. The molecule has 3 aromatic rings. The van der Waals surface area contributed by atoms with Crippen LogP contribution in [0.4, 0.5) is 21.6 Å². The maximum Gasteiger partial charge on any atom is 0.183 e. The van der Waals surface area contributed by atoms with Crippen LogP contribution in [-0.2, 0) is 17.8 Å². The van der Waals surface area contributed by atoms with Crippen LogP contribution in [-0.4, -0.2) is 90.5 Å². The van der Waals surface area contributed by atoms with Gasteiger partial charge in [-0.2, -0.15) is 5.10 Å². The summed E-state index contributed by atoms with van der Waals surface area (Å²) in [5, 5.41) is 8.37. The summed E-state index contributed by atoms with van der Waals surface area (Å²) in [5.41, 5.74) is 7.61. The Bertz CT molecular complexity index is 1300. The molecule has 0 radical (unpaired) electrons. The van der Waals surface area contributed by atoms with Crippen molar-refractivity contribution in [2.45, 2.75) is 20.0 Å². The molecule has 0 aliphatic carbocycles. The first-order valence-corrected chi connectivity index (χ1v) is 13.9. The number of morpholine rings is 1. The van der Waals surface area contributed by atoms with Gasteiger partial charge in [0.05, 0.1) is 48.6 Å². The molecule has 0 saturated carbocycles. The average molecular weight is 568 g/mol. The summed E-state index contributed by atoms with van der Waals surface area (Å²) in [6.07, 6.45) is 4.53. The van der Waals surface area contributed by atoms with Gasteiger partial charge in [-0.15, -0.1) is 0 Å². The van der Waals surface area contributed by atoms with E-state index in [2.05, 4.69) is 60.6 Å². The third kappa shape index (κ3) is 7.42. The lowest BCUT2D eigenvalue weighted by atomic mass is 10.1. The van der Waals surface area contributed by atoms with Gasteiger partial charge in [0.1, 0.15) is 0 Å². The fraction of sp³-hybridized carbons (Fsp3) is 0.429. The van der Waals surface area contributed by atoms with Crippen LogP contribution < -0.4 is 15.6 Å². The minimum atomic E-state index is -0.442. The molecule has 2 fully saturated rings. The van der Waals surface area contributed by atoms with E-state index >= 15 is 0 Å². The quantitative estimate of drug-likeness (QED) is 0.298. The lowest BCUT2D eigenvalue weighted by Crippen LogP contribution is -2.43. The van der Waals surface area contributed by atoms with E-state index in [0.717, 1.165) is 49.7 Å². The number of nitrogens with one attached hydrogen (secondary N) is 2. The van der Waals surface area contributed by atoms with Crippen molar-refractivity contribution in [3.05, 3.63) is 70.1 Å². The summed E-state index contributed by atoms with van der Waals surface area (Å²) in [6.45, 7) is 9.82. The van der Waals surface area contributed by atoms with Crippen molar-refractivity contribution in [1.82, 2.24) is 30.2 Å². The van der Waals surface area contributed by atoms with Gasteiger partial charge in [0.15, 0.2) is 17.5 Å². The maximum atomic E-state index is 14.3. The number of likely N-dealkylation sites (N-methyl/N-ethyl adjacent to an activating group) is 1. The molecule has 2 N–H and O–H groups in total. The Morgan fingerprint density at radius 3 is 2.67 bits per heavy atom. The van der Waals surface area contributed by atoms with E-state index in [4.69, 9.17) is 16.3 Å². The molecular formula is C28H35ClFN9O. The van der Waals surface area contributed by atoms with Gasteiger partial charge in [0, 0.05) is 57.7 Å². The SMILES string of the molecule is Cc1cc(CN2CCN(C)CC2)cc(Cl)c1Nc1ccnc(/C=N/NCc2ncc(F)c(N3CCOCC3)n2)c1. The first kappa shape index (κ1) is 28.2. The number of aromatic nitrogens is 3. The van der Waals surface area contributed by atoms with Crippen LogP contribution in [0.3, 0.4) is 0 Å². The number of anilines is 3. The Hall–Kier alpha value is -3.38. The van der Waals surface area contributed by atoms with Gasteiger partial charge in [-0.1, -0.05) is 17.7 Å². The van der Waals surface area contributed by atoms with E-state index in [0.29, 0.717) is 48.7 Å². The minimum Gasteiger partial charge on any atom is -0.378 e. The molecule has 10 nitrogen and oxygen atoms in total. The number of pyridine rings is 1. The van der Waals surface area contributed by atoms with Crippen LogP contribution in [0.1, 0.15) is 22.6 Å². The molecule has 12 heteroatoms. The predicted octanol–water partition coefficient (Wildman–Crippen LogP) is 3.42. The van der Waals surface area contributed by atoms with Crippen LogP contribution in [0.2, 0.25) is 5.02 Å². The molecule has 0 amide bonds. The van der Waals surface area contributed by atoms with E-state index in [1.807, 2.05) is 23.1 Å². The van der Waals surface area contributed by atoms with Gasteiger partial charge in [-0.05, 0) is 43.3 Å². The number of hydrogen-bond donors (Lipinski definition) is 2. The number of aryl methyl sites for hydroxylation is 1. The third-order valence-electron chi connectivity index (χ3n) is 7.01. The Balaban J connectivity index is 1.17. The molecule has 4 heterocycles. The number of nitrogens with zero attached hydrogens (tertiary/aromatic N) is 7. The Labute approximate surface area is 239 Å². The molecule has 5 rings (SSSR count). The second kappa shape index (κ2) is 13.3. The zero-order valence-electron chi connectivity index (χ0n) is 22.9. The third-order valence-corrected chi connectivity index (χ3v) is 7.31. The molecule has 40 heavy (non-hydrogen) atoms. The highest BCUT2D eigenvalue weighted by molar-refractivity contribution is 6.33. The van der Waals surface area contributed by atoms with Crippen molar-refractivity contribution in [2.75, 3.05) is 69.7 Å². The largest absolute Gasteiger partial charge is 0.378 e. The lowest BCUT2D eigenvalue weighted by Gasteiger charge is -2.32. The maximum absolute atomic E-state index is 14.3. The summed E-state index contributed by atoms with van der Waals surface area (Å²) in [4.78, 5) is 19.5. The van der Waals surface area contributed by atoms with Gasteiger partial charge in [0.2, 0.25) is 0 Å². The van der Waals surface area contributed by atoms with Crippen molar-refractivity contribution in [2.24, 2.45) is 5.10 Å². The highest BCUT2D eigenvalue weighted by Crippen LogP contribution is 2.31. The van der Waals surface area contributed by atoms with Gasteiger partial charge >= 0.3 is 0 Å². The van der Waals surface area contributed by atoms with E-state index in [-0.39, 0.29) is 6.54 Å². The molecule has 0 spiro atoms. The Morgan fingerprint density at radius 2 is 1.90 bits per heavy atom. The van der Waals surface area contributed by atoms with Crippen LogP contribution in [0, 0.1) is 12.7 Å². The molecule has 1 aromatic carbocycles. The number of hydrogen-bond acceptors (Lipinski definition) is 10. The fourth-order valence-electron chi connectivity index (χ4n) is 4.77. The van der Waals surface area contributed by atoms with Gasteiger partial charge in [-0.3, -0.25) is 9.88 Å².